The third kappa shape index (κ3) is 2.31. The molecule has 6 heteroatoms. The van der Waals surface area contributed by atoms with Crippen molar-refractivity contribution in [3.63, 3.8) is 0 Å². The molecule has 1 heterocycles. The van der Waals surface area contributed by atoms with Gasteiger partial charge in [-0.3, -0.25) is 0 Å². The summed E-state index contributed by atoms with van der Waals surface area (Å²) < 4.78 is 42.7. The van der Waals surface area contributed by atoms with E-state index in [4.69, 9.17) is 4.74 Å². The molecule has 0 saturated heterocycles. The minimum Gasteiger partial charge on any atom is -0.497 e. The number of anilines is 1. The molecule has 2 rings (SSSR count). The van der Waals surface area contributed by atoms with E-state index in [2.05, 4.69) is 5.32 Å². The zero-order chi connectivity index (χ0) is 12.6. The lowest BCUT2D eigenvalue weighted by atomic mass is 9.95. The molecule has 0 aromatic heterocycles. The average Bonchev–Trinajstić information content (AvgIpc) is 2.25. The molecule has 2 atom stereocenters. The van der Waals surface area contributed by atoms with Gasteiger partial charge in [-0.25, -0.2) is 0 Å². The van der Waals surface area contributed by atoms with Crippen molar-refractivity contribution in [1.82, 2.24) is 0 Å². The summed E-state index contributed by atoms with van der Waals surface area (Å²) in [5, 5.41) is 11.8. The number of methoxy groups -OCH3 is 1. The summed E-state index contributed by atoms with van der Waals surface area (Å²) in [4.78, 5) is 0. The molecular formula is C11H12F3NO2. The van der Waals surface area contributed by atoms with Crippen molar-refractivity contribution in [2.24, 2.45) is 0 Å². The summed E-state index contributed by atoms with van der Waals surface area (Å²) in [7, 11) is 1.48. The smallest absolute Gasteiger partial charge is 0.411 e. The maximum atomic E-state index is 12.6. The molecule has 1 aromatic rings. The van der Waals surface area contributed by atoms with Crippen molar-refractivity contribution < 1.29 is 23.0 Å². The van der Waals surface area contributed by atoms with Crippen LogP contribution in [0.3, 0.4) is 0 Å². The first kappa shape index (κ1) is 12.0. The number of fused-ring (bicyclic) bond motifs is 1. The average molecular weight is 247 g/mol. The van der Waals surface area contributed by atoms with Gasteiger partial charge < -0.3 is 15.2 Å². The summed E-state index contributed by atoms with van der Waals surface area (Å²) in [6, 6.07) is 2.82. The fraction of sp³-hybridized carbons (Fsp3) is 0.455. The second-order valence-corrected chi connectivity index (χ2v) is 3.96. The van der Waals surface area contributed by atoms with Crippen LogP contribution in [0.15, 0.2) is 18.2 Å². The standard InChI is InChI=1S/C11H12F3NO2/c1-17-7-2-3-8-6(4-7)5-9(16)10(15-8)11(12,13)14/h2-4,9-10,15-16H,5H2,1H3. The van der Waals surface area contributed by atoms with Crippen LogP contribution in [0.4, 0.5) is 18.9 Å². The lowest BCUT2D eigenvalue weighted by molar-refractivity contribution is -0.163. The molecule has 2 N–H and O–H groups in total. The summed E-state index contributed by atoms with van der Waals surface area (Å²) in [6.45, 7) is 0. The van der Waals surface area contributed by atoms with Crippen molar-refractivity contribution in [3.05, 3.63) is 23.8 Å². The van der Waals surface area contributed by atoms with E-state index < -0.39 is 18.3 Å². The second-order valence-electron chi connectivity index (χ2n) is 3.96. The molecule has 0 radical (unpaired) electrons. The predicted molar refractivity (Wildman–Crippen MR) is 56.2 cm³/mol. The SMILES string of the molecule is COc1ccc2c(c1)CC(O)C(C(F)(F)F)N2. The predicted octanol–water partition coefficient (Wildman–Crippen LogP) is 1.95. The van der Waals surface area contributed by atoms with Crippen LogP contribution in [0.1, 0.15) is 5.56 Å². The monoisotopic (exact) mass is 247 g/mol. The molecule has 1 aromatic carbocycles. The fourth-order valence-corrected chi connectivity index (χ4v) is 1.91. The Morgan fingerprint density at radius 1 is 1.41 bits per heavy atom. The maximum Gasteiger partial charge on any atom is 0.411 e. The Labute approximate surface area is 96.2 Å². The first-order chi connectivity index (χ1) is 7.91. The Morgan fingerprint density at radius 2 is 2.12 bits per heavy atom. The third-order valence-electron chi connectivity index (χ3n) is 2.79. The largest absolute Gasteiger partial charge is 0.497 e. The Balaban J connectivity index is 2.30. The van der Waals surface area contributed by atoms with Gasteiger partial charge in [0.2, 0.25) is 0 Å². The van der Waals surface area contributed by atoms with Crippen molar-refractivity contribution in [2.75, 3.05) is 12.4 Å². The van der Waals surface area contributed by atoms with Crippen LogP contribution in [0.25, 0.3) is 0 Å². The van der Waals surface area contributed by atoms with E-state index >= 15 is 0 Å². The van der Waals surface area contributed by atoms with Crippen molar-refractivity contribution in [2.45, 2.75) is 24.7 Å². The van der Waals surface area contributed by atoms with Crippen LogP contribution < -0.4 is 10.1 Å². The lowest BCUT2D eigenvalue weighted by Gasteiger charge is -2.33. The van der Waals surface area contributed by atoms with Gasteiger partial charge in [0.25, 0.3) is 0 Å². The van der Waals surface area contributed by atoms with Gasteiger partial charge in [-0.15, -0.1) is 0 Å². The van der Waals surface area contributed by atoms with Gasteiger partial charge in [0.1, 0.15) is 11.8 Å². The quantitative estimate of drug-likeness (QED) is 0.797. The summed E-state index contributed by atoms with van der Waals surface area (Å²) in [5.74, 6) is 0.559. The number of rotatable bonds is 1. The third-order valence-corrected chi connectivity index (χ3v) is 2.79. The van der Waals surface area contributed by atoms with E-state index in [1.807, 2.05) is 0 Å². The Morgan fingerprint density at radius 3 is 2.71 bits per heavy atom. The van der Waals surface area contributed by atoms with Crippen molar-refractivity contribution in [1.29, 1.82) is 0 Å². The van der Waals surface area contributed by atoms with Gasteiger partial charge in [0.15, 0.2) is 0 Å². The molecule has 3 nitrogen and oxygen atoms in total. The fourth-order valence-electron chi connectivity index (χ4n) is 1.91. The Bertz CT molecular complexity index is 420. The van der Waals surface area contributed by atoms with Crippen molar-refractivity contribution >= 4 is 5.69 Å². The Hall–Kier alpha value is -1.43. The zero-order valence-corrected chi connectivity index (χ0v) is 9.08. The van der Waals surface area contributed by atoms with E-state index in [0.717, 1.165) is 0 Å². The molecule has 17 heavy (non-hydrogen) atoms. The van der Waals surface area contributed by atoms with E-state index in [1.165, 1.54) is 13.2 Å². The minimum absolute atomic E-state index is 0.0380. The van der Waals surface area contributed by atoms with Crippen LogP contribution >= 0.6 is 0 Å². The zero-order valence-electron chi connectivity index (χ0n) is 9.08. The lowest BCUT2D eigenvalue weighted by Crippen LogP contribution is -2.49. The van der Waals surface area contributed by atoms with Crippen LogP contribution in [-0.2, 0) is 6.42 Å². The van der Waals surface area contributed by atoms with Crippen LogP contribution in [0, 0.1) is 0 Å². The number of aliphatic hydroxyl groups is 1. The number of hydrogen-bond donors (Lipinski definition) is 2. The van der Waals surface area contributed by atoms with Gasteiger partial charge in [-0.05, 0) is 23.8 Å². The molecule has 0 bridgehead atoms. The highest BCUT2D eigenvalue weighted by atomic mass is 19.4. The molecule has 1 aliphatic rings. The molecule has 94 valence electrons. The highest BCUT2D eigenvalue weighted by Gasteiger charge is 2.46. The second kappa shape index (κ2) is 4.10. The van der Waals surface area contributed by atoms with Crippen molar-refractivity contribution in [3.8, 4) is 5.75 Å². The van der Waals surface area contributed by atoms with E-state index in [0.29, 0.717) is 17.0 Å². The number of halogens is 3. The number of hydrogen-bond acceptors (Lipinski definition) is 3. The highest BCUT2D eigenvalue weighted by Crippen LogP contribution is 2.34. The summed E-state index contributed by atoms with van der Waals surface area (Å²) in [6.07, 6.45) is -5.98. The normalized spacial score (nSPS) is 23.8. The summed E-state index contributed by atoms with van der Waals surface area (Å²) in [5.41, 5.74) is 1.01. The minimum atomic E-state index is -4.46. The van der Waals surface area contributed by atoms with Gasteiger partial charge >= 0.3 is 6.18 Å². The topological polar surface area (TPSA) is 41.5 Å². The number of aliphatic hydroxyl groups excluding tert-OH is 1. The number of benzene rings is 1. The van der Waals surface area contributed by atoms with Gasteiger partial charge in [-0.2, -0.15) is 13.2 Å². The molecule has 0 fully saturated rings. The van der Waals surface area contributed by atoms with Crippen LogP contribution in [0.5, 0.6) is 5.75 Å². The Kier molecular flexibility index (Phi) is 2.91. The first-order valence-corrected chi connectivity index (χ1v) is 5.10. The molecular weight excluding hydrogens is 235 g/mol. The molecule has 0 saturated carbocycles. The number of ether oxygens (including phenoxy) is 1. The summed E-state index contributed by atoms with van der Waals surface area (Å²) >= 11 is 0. The molecule has 0 aliphatic carbocycles. The van der Waals surface area contributed by atoms with E-state index in [1.54, 1.807) is 12.1 Å². The van der Waals surface area contributed by atoms with Gasteiger partial charge in [0.05, 0.1) is 13.2 Å². The highest BCUT2D eigenvalue weighted by molar-refractivity contribution is 5.57. The van der Waals surface area contributed by atoms with Gasteiger partial charge in [-0.1, -0.05) is 0 Å². The van der Waals surface area contributed by atoms with Crippen LogP contribution in [0.2, 0.25) is 0 Å². The molecule has 2 unspecified atom stereocenters. The van der Waals surface area contributed by atoms with Gasteiger partial charge in [0, 0.05) is 12.1 Å². The molecule has 0 spiro atoms. The molecule has 1 aliphatic heterocycles. The van der Waals surface area contributed by atoms with E-state index in [9.17, 15) is 18.3 Å². The van der Waals surface area contributed by atoms with E-state index in [-0.39, 0.29) is 6.42 Å². The maximum absolute atomic E-state index is 12.6. The first-order valence-electron chi connectivity index (χ1n) is 5.10. The molecule has 0 amide bonds. The number of nitrogens with one attached hydrogen (secondary N) is 1. The number of alkyl halides is 3. The van der Waals surface area contributed by atoms with Crippen LogP contribution in [-0.4, -0.2) is 30.5 Å².